The second-order valence-electron chi connectivity index (χ2n) is 5.05. The Bertz CT molecular complexity index is 1050. The van der Waals surface area contributed by atoms with E-state index in [1.807, 2.05) is 52.9 Å². The molecule has 0 amide bonds. The van der Waals surface area contributed by atoms with Crippen LogP contribution in [0.25, 0.3) is 22.4 Å². The third kappa shape index (κ3) is 2.05. The number of hydrogen-bond donors (Lipinski definition) is 0. The Morgan fingerprint density at radius 3 is 2.52 bits per heavy atom. The van der Waals surface area contributed by atoms with Crippen molar-refractivity contribution >= 4 is 45.2 Å². The van der Waals surface area contributed by atoms with E-state index in [-0.39, 0.29) is 0 Å². The fourth-order valence-corrected chi connectivity index (χ4v) is 3.45. The maximum Gasteiger partial charge on any atom is 0.360 e. The second-order valence-corrected chi connectivity index (χ2v) is 6.22. The fraction of sp³-hybridized carbons (Fsp3) is 0.0588. The Morgan fingerprint density at radius 2 is 1.78 bits per heavy atom. The van der Waals surface area contributed by atoms with Gasteiger partial charge in [0.05, 0.1) is 23.8 Å². The number of fused-ring (bicyclic) bond motifs is 3. The zero-order valence-electron chi connectivity index (χ0n) is 12.2. The fourth-order valence-electron chi connectivity index (χ4n) is 2.82. The summed E-state index contributed by atoms with van der Waals surface area (Å²) in [5.74, 6) is -0.442. The molecule has 0 aliphatic carbocycles. The van der Waals surface area contributed by atoms with Crippen LogP contribution in [0.4, 0.5) is 0 Å². The van der Waals surface area contributed by atoms with Crippen molar-refractivity contribution in [2.45, 2.75) is 0 Å². The first-order valence-corrected chi connectivity index (χ1v) is 8.10. The van der Waals surface area contributed by atoms with E-state index in [4.69, 9.17) is 4.74 Å². The van der Waals surface area contributed by atoms with E-state index in [0.29, 0.717) is 11.3 Å². The smallest absolute Gasteiger partial charge is 0.360 e. The first-order valence-electron chi connectivity index (χ1n) is 7.02. The van der Waals surface area contributed by atoms with Gasteiger partial charge in [-0.05, 0) is 46.9 Å². The van der Waals surface area contributed by atoms with Gasteiger partial charge in [-0.1, -0.05) is 24.3 Å². The number of hydrogen-bond acceptors (Lipinski definition) is 3. The van der Waals surface area contributed by atoms with Crippen LogP contribution in [-0.4, -0.2) is 27.0 Å². The van der Waals surface area contributed by atoms with E-state index in [1.165, 1.54) is 7.11 Å². The average Bonchev–Trinajstić information content (AvgIpc) is 3.13. The molecule has 0 spiro atoms. The van der Waals surface area contributed by atoms with E-state index < -0.39 is 5.97 Å². The third-order valence-corrected chi connectivity index (χ3v) is 4.72. The van der Waals surface area contributed by atoms with Gasteiger partial charge in [-0.25, -0.2) is 9.78 Å². The minimum absolute atomic E-state index is 0.309. The molecule has 0 unspecified atom stereocenters. The second kappa shape index (κ2) is 5.38. The van der Waals surface area contributed by atoms with Gasteiger partial charge in [-0.3, -0.25) is 8.97 Å². The lowest BCUT2D eigenvalue weighted by atomic mass is 10.2. The molecule has 0 radical (unpaired) electrons. The molecule has 2 aromatic heterocycles. The zero-order valence-corrected chi connectivity index (χ0v) is 14.4. The van der Waals surface area contributed by atoms with E-state index in [1.54, 1.807) is 6.33 Å². The summed E-state index contributed by atoms with van der Waals surface area (Å²) < 4.78 is 9.95. The predicted octanol–water partition coefficient (Wildman–Crippen LogP) is 3.67. The molecule has 0 aliphatic rings. The Hall–Kier alpha value is -2.35. The summed E-state index contributed by atoms with van der Waals surface area (Å²) in [6.45, 7) is 0. The van der Waals surface area contributed by atoms with Crippen molar-refractivity contribution in [1.82, 2.24) is 14.0 Å². The minimum atomic E-state index is -0.442. The molecule has 0 atom stereocenters. The van der Waals surface area contributed by atoms with Gasteiger partial charge >= 0.3 is 5.97 Å². The van der Waals surface area contributed by atoms with Crippen molar-refractivity contribution in [1.29, 1.82) is 0 Å². The van der Waals surface area contributed by atoms with E-state index in [2.05, 4.69) is 32.1 Å². The first-order chi connectivity index (χ1) is 11.2. The highest BCUT2D eigenvalue weighted by Gasteiger charge is 2.22. The summed E-state index contributed by atoms with van der Waals surface area (Å²) in [6, 6.07) is 16.0. The summed E-state index contributed by atoms with van der Waals surface area (Å²) in [7, 11) is 1.37. The van der Waals surface area contributed by atoms with Crippen LogP contribution in [0.15, 0.2) is 54.9 Å². The molecule has 0 saturated carbocycles. The number of esters is 1. The predicted molar refractivity (Wildman–Crippen MR) is 96.1 cm³/mol. The molecule has 23 heavy (non-hydrogen) atoms. The molecule has 0 saturated heterocycles. The Balaban J connectivity index is 2.21. The maximum absolute atomic E-state index is 12.1. The highest BCUT2D eigenvalue weighted by molar-refractivity contribution is 14.1. The van der Waals surface area contributed by atoms with E-state index in [9.17, 15) is 4.79 Å². The minimum Gasteiger partial charge on any atom is -0.464 e. The van der Waals surface area contributed by atoms with Crippen LogP contribution in [0.5, 0.6) is 0 Å². The number of nitrogens with zero attached hydrogens (tertiary/aromatic N) is 3. The van der Waals surface area contributed by atoms with Crippen molar-refractivity contribution in [3.8, 4) is 5.69 Å². The molecule has 114 valence electrons. The monoisotopic (exact) mass is 417 g/mol. The summed E-state index contributed by atoms with van der Waals surface area (Å²) in [4.78, 5) is 16.4. The maximum atomic E-state index is 12.1. The van der Waals surface area contributed by atoms with Gasteiger partial charge in [-0.2, -0.15) is 0 Å². The van der Waals surface area contributed by atoms with Gasteiger partial charge in [0.2, 0.25) is 0 Å². The number of aromatic nitrogens is 3. The Kier molecular flexibility index (Phi) is 3.33. The molecular weight excluding hydrogens is 405 g/mol. The van der Waals surface area contributed by atoms with Crippen LogP contribution >= 0.6 is 22.6 Å². The van der Waals surface area contributed by atoms with Crippen molar-refractivity contribution in [3.63, 3.8) is 0 Å². The molecule has 0 aliphatic heterocycles. The molecule has 4 aromatic rings. The molecular formula is C17H12IN3O2. The lowest BCUT2D eigenvalue weighted by Crippen LogP contribution is -2.06. The van der Waals surface area contributed by atoms with Gasteiger partial charge in [-0.15, -0.1) is 0 Å². The molecule has 2 aromatic carbocycles. The Morgan fingerprint density at radius 1 is 1.09 bits per heavy atom. The Labute approximate surface area is 145 Å². The van der Waals surface area contributed by atoms with Crippen molar-refractivity contribution < 1.29 is 9.53 Å². The lowest BCUT2D eigenvalue weighted by molar-refractivity contribution is 0.0596. The number of ether oxygens (including phenoxy) is 1. The lowest BCUT2D eigenvalue weighted by Gasteiger charge is -2.09. The molecule has 5 nitrogen and oxygen atoms in total. The summed E-state index contributed by atoms with van der Waals surface area (Å²) in [6.07, 6.45) is 1.66. The number of carbonyl (C=O) groups excluding carboxylic acids is 1. The number of imidazole rings is 2. The van der Waals surface area contributed by atoms with Crippen LogP contribution in [0, 0.1) is 3.57 Å². The number of halogens is 1. The van der Waals surface area contributed by atoms with E-state index in [0.717, 1.165) is 20.3 Å². The zero-order chi connectivity index (χ0) is 16.0. The van der Waals surface area contributed by atoms with Crippen LogP contribution in [-0.2, 0) is 4.74 Å². The van der Waals surface area contributed by atoms with Crippen LogP contribution in [0.2, 0.25) is 0 Å². The number of carbonyl (C=O) groups is 1. The summed E-state index contributed by atoms with van der Waals surface area (Å²) in [5.41, 5.74) is 4.03. The summed E-state index contributed by atoms with van der Waals surface area (Å²) >= 11 is 2.30. The van der Waals surface area contributed by atoms with Crippen LogP contribution in [0.3, 0.4) is 0 Å². The largest absolute Gasteiger partial charge is 0.464 e. The van der Waals surface area contributed by atoms with Crippen molar-refractivity contribution in [2.75, 3.05) is 7.11 Å². The molecule has 6 heteroatoms. The van der Waals surface area contributed by atoms with Crippen molar-refractivity contribution in [3.05, 3.63) is 64.1 Å². The topological polar surface area (TPSA) is 48.5 Å². The standard InChI is InChI=1S/C17H12IN3O2/c1-23-17(22)15-16-20(10-19-15)13-8-4-5-9-14(13)21(16)12-7-3-2-6-11(12)18/h2-10H,1H3. The van der Waals surface area contributed by atoms with Gasteiger partial charge in [0, 0.05) is 3.57 Å². The SMILES string of the molecule is COC(=O)c1ncn2c3ccccc3n(-c3ccccc3I)c12. The van der Waals surface area contributed by atoms with Gasteiger partial charge in [0.1, 0.15) is 6.33 Å². The number of rotatable bonds is 2. The van der Waals surface area contributed by atoms with Crippen molar-refractivity contribution in [2.24, 2.45) is 0 Å². The molecule has 0 N–H and O–H groups in total. The third-order valence-electron chi connectivity index (χ3n) is 3.81. The van der Waals surface area contributed by atoms with Gasteiger partial charge < -0.3 is 4.74 Å². The summed E-state index contributed by atoms with van der Waals surface area (Å²) in [5, 5.41) is 0. The van der Waals surface area contributed by atoms with Gasteiger partial charge in [0.15, 0.2) is 11.3 Å². The first kappa shape index (κ1) is 14.3. The van der Waals surface area contributed by atoms with Crippen LogP contribution < -0.4 is 0 Å². The molecule has 0 bridgehead atoms. The number of para-hydroxylation sites is 3. The number of methoxy groups -OCH3 is 1. The molecule has 0 fully saturated rings. The molecule has 2 heterocycles. The number of benzene rings is 2. The molecule has 4 rings (SSSR count). The average molecular weight is 417 g/mol. The van der Waals surface area contributed by atoms with E-state index >= 15 is 0 Å². The van der Waals surface area contributed by atoms with Crippen LogP contribution in [0.1, 0.15) is 10.5 Å². The quantitative estimate of drug-likeness (QED) is 0.370. The highest BCUT2D eigenvalue weighted by atomic mass is 127. The highest BCUT2D eigenvalue weighted by Crippen LogP contribution is 2.29. The van der Waals surface area contributed by atoms with Gasteiger partial charge in [0.25, 0.3) is 0 Å². The normalized spacial score (nSPS) is 11.2.